The number of rotatable bonds is 17. The van der Waals surface area contributed by atoms with Gasteiger partial charge in [0.25, 0.3) is 11.8 Å². The standard InChI is InChI=1S/C46H52Cl2N4O10/c1-45(2,3)61-23-33(43(55)56)49-17-19-51-35-15-13-27(21-37(35)59-25-39(51)53)29-9-7-11-31(41(29)47)32-12-8-10-30(42(32)48)28-14-16-36-38(22-28)60-26-40(54)52(36)20-18-50-34(44(57)58)24-62-46(4,5)6/h7-16,21-22,33-34,49-50H,17-20,23-26H2,1-6H3,(H,55,56)(H,57,58). The van der Waals surface area contributed by atoms with E-state index in [-0.39, 0.29) is 64.4 Å². The highest BCUT2D eigenvalue weighted by molar-refractivity contribution is 6.39. The number of carboxylic acids is 2. The lowest BCUT2D eigenvalue weighted by Crippen LogP contribution is -2.48. The molecule has 4 aromatic rings. The van der Waals surface area contributed by atoms with Crippen LogP contribution in [0.5, 0.6) is 11.5 Å². The van der Waals surface area contributed by atoms with Crippen molar-refractivity contribution < 1.29 is 48.3 Å². The molecule has 2 unspecified atom stereocenters. The van der Waals surface area contributed by atoms with Gasteiger partial charge in [-0.3, -0.25) is 19.2 Å². The van der Waals surface area contributed by atoms with Crippen LogP contribution in [0.3, 0.4) is 0 Å². The van der Waals surface area contributed by atoms with E-state index in [1.54, 1.807) is 21.9 Å². The van der Waals surface area contributed by atoms with Gasteiger partial charge in [-0.15, -0.1) is 0 Å². The molecule has 62 heavy (non-hydrogen) atoms. The Kier molecular flexibility index (Phi) is 14.5. The van der Waals surface area contributed by atoms with E-state index in [2.05, 4.69) is 10.6 Å². The summed E-state index contributed by atoms with van der Waals surface area (Å²) in [6.07, 6.45) is 0. The molecule has 4 aromatic carbocycles. The quantitative estimate of drug-likeness (QED) is 0.0843. The first-order valence-corrected chi connectivity index (χ1v) is 21.0. The minimum Gasteiger partial charge on any atom is -0.482 e. The highest BCUT2D eigenvalue weighted by Crippen LogP contribution is 2.45. The number of nitrogens with one attached hydrogen (secondary N) is 2. The van der Waals surface area contributed by atoms with Crippen LogP contribution in [0.4, 0.5) is 11.4 Å². The number of carboxylic acid groups (broad SMARTS) is 2. The zero-order valence-electron chi connectivity index (χ0n) is 35.6. The summed E-state index contributed by atoms with van der Waals surface area (Å²) in [5.74, 6) is -1.63. The molecule has 0 saturated carbocycles. The summed E-state index contributed by atoms with van der Waals surface area (Å²) in [7, 11) is 0. The third kappa shape index (κ3) is 11.2. The van der Waals surface area contributed by atoms with Gasteiger partial charge in [0.15, 0.2) is 13.2 Å². The van der Waals surface area contributed by atoms with Crippen LogP contribution in [-0.4, -0.2) is 110 Å². The van der Waals surface area contributed by atoms with Crippen LogP contribution < -0.4 is 29.9 Å². The molecule has 0 saturated heterocycles. The molecule has 2 heterocycles. The number of hydrogen-bond donors (Lipinski definition) is 4. The molecule has 16 heteroatoms. The molecule has 2 aliphatic rings. The second-order valence-corrected chi connectivity index (χ2v) is 17.7. The van der Waals surface area contributed by atoms with E-state index in [0.29, 0.717) is 55.2 Å². The molecule has 6 rings (SSSR count). The van der Waals surface area contributed by atoms with Crippen LogP contribution >= 0.6 is 23.2 Å². The molecular weight excluding hydrogens is 839 g/mol. The fourth-order valence-electron chi connectivity index (χ4n) is 6.96. The third-order valence-electron chi connectivity index (χ3n) is 10.1. The van der Waals surface area contributed by atoms with E-state index in [1.807, 2.05) is 102 Å². The van der Waals surface area contributed by atoms with Crippen molar-refractivity contribution in [1.29, 1.82) is 0 Å². The van der Waals surface area contributed by atoms with E-state index in [4.69, 9.17) is 42.1 Å². The third-order valence-corrected chi connectivity index (χ3v) is 10.9. The van der Waals surface area contributed by atoms with Gasteiger partial charge in [-0.2, -0.15) is 0 Å². The van der Waals surface area contributed by atoms with Crippen molar-refractivity contribution in [2.45, 2.75) is 64.8 Å². The number of aliphatic carboxylic acids is 2. The maximum atomic E-state index is 13.0. The Hall–Kier alpha value is -5.22. The summed E-state index contributed by atoms with van der Waals surface area (Å²) in [5.41, 5.74) is 4.40. The van der Waals surface area contributed by atoms with E-state index in [1.165, 1.54) is 0 Å². The first-order chi connectivity index (χ1) is 29.3. The average Bonchev–Trinajstić information content (AvgIpc) is 3.20. The number of carbonyl (C=O) groups excluding carboxylic acids is 2. The highest BCUT2D eigenvalue weighted by Gasteiger charge is 2.30. The van der Waals surface area contributed by atoms with Gasteiger partial charge in [0.05, 0.1) is 45.8 Å². The minimum absolute atomic E-state index is 0.0234. The minimum atomic E-state index is -1.04. The Labute approximate surface area is 371 Å². The van der Waals surface area contributed by atoms with Crippen LogP contribution in [-0.2, 0) is 28.7 Å². The number of fused-ring (bicyclic) bond motifs is 2. The summed E-state index contributed by atoms with van der Waals surface area (Å²) in [6, 6.07) is 20.3. The van der Waals surface area contributed by atoms with Crippen molar-refractivity contribution >= 4 is 58.3 Å². The Morgan fingerprint density at radius 2 is 1.02 bits per heavy atom. The maximum absolute atomic E-state index is 13.0. The second-order valence-electron chi connectivity index (χ2n) is 16.9. The molecule has 2 atom stereocenters. The number of anilines is 2. The van der Waals surface area contributed by atoms with Gasteiger partial charge in [-0.1, -0.05) is 71.7 Å². The van der Waals surface area contributed by atoms with Gasteiger partial charge in [0.1, 0.15) is 23.6 Å². The summed E-state index contributed by atoms with van der Waals surface area (Å²) < 4.78 is 23.1. The van der Waals surface area contributed by atoms with Crippen molar-refractivity contribution in [3.05, 3.63) is 82.8 Å². The summed E-state index contributed by atoms with van der Waals surface area (Å²) in [4.78, 5) is 52.8. The summed E-state index contributed by atoms with van der Waals surface area (Å²) in [6.45, 7) is 11.6. The molecule has 330 valence electrons. The van der Waals surface area contributed by atoms with Crippen LogP contribution in [0.15, 0.2) is 72.8 Å². The molecule has 0 radical (unpaired) electrons. The Bertz CT molecular complexity index is 2160. The number of benzene rings is 4. The zero-order chi connectivity index (χ0) is 44.9. The number of hydrogen-bond acceptors (Lipinski definition) is 10. The molecule has 0 fully saturated rings. The van der Waals surface area contributed by atoms with Crippen molar-refractivity contribution in [1.82, 2.24) is 10.6 Å². The van der Waals surface area contributed by atoms with Crippen molar-refractivity contribution in [2.75, 3.05) is 62.4 Å². The van der Waals surface area contributed by atoms with Crippen LogP contribution in [0, 0.1) is 0 Å². The molecule has 0 spiro atoms. The van der Waals surface area contributed by atoms with Crippen LogP contribution in [0.2, 0.25) is 10.0 Å². The maximum Gasteiger partial charge on any atom is 0.323 e. The largest absolute Gasteiger partial charge is 0.482 e. The lowest BCUT2D eigenvalue weighted by Gasteiger charge is -2.30. The van der Waals surface area contributed by atoms with Crippen molar-refractivity contribution in [3.8, 4) is 44.9 Å². The van der Waals surface area contributed by atoms with E-state index in [0.717, 1.165) is 11.1 Å². The molecular formula is C46H52Cl2N4O10. The monoisotopic (exact) mass is 890 g/mol. The molecule has 2 aliphatic heterocycles. The van der Waals surface area contributed by atoms with E-state index >= 15 is 0 Å². The molecule has 2 amide bonds. The normalized spacial score (nSPS) is 15.0. The lowest BCUT2D eigenvalue weighted by molar-refractivity contribution is -0.143. The number of halogens is 2. The zero-order valence-corrected chi connectivity index (χ0v) is 37.1. The Balaban J connectivity index is 1.18. The smallest absolute Gasteiger partial charge is 0.323 e. The van der Waals surface area contributed by atoms with Crippen molar-refractivity contribution in [2.24, 2.45) is 0 Å². The fraction of sp³-hybridized carbons (Fsp3) is 0.391. The fourth-order valence-corrected chi connectivity index (χ4v) is 7.64. The number of nitrogens with zero attached hydrogens (tertiary/aromatic N) is 2. The Morgan fingerprint density at radius 3 is 1.37 bits per heavy atom. The lowest BCUT2D eigenvalue weighted by atomic mass is 9.95. The predicted molar refractivity (Wildman–Crippen MR) is 239 cm³/mol. The number of amides is 2. The van der Waals surface area contributed by atoms with Gasteiger partial charge < -0.3 is 49.6 Å². The van der Waals surface area contributed by atoms with E-state index in [9.17, 15) is 29.4 Å². The van der Waals surface area contributed by atoms with Gasteiger partial charge >= 0.3 is 11.9 Å². The molecule has 0 aromatic heterocycles. The molecule has 4 N–H and O–H groups in total. The molecule has 0 aliphatic carbocycles. The predicted octanol–water partition coefficient (Wildman–Crippen LogP) is 7.16. The SMILES string of the molecule is CC(C)(C)OCC(NCCN1C(=O)COc2cc(-c3cccc(-c4cccc(-c5ccc6c(c5)OCC(=O)N6CCNC(COC(C)(C)C)C(=O)O)c4Cl)c3Cl)ccc21)C(=O)O. The first kappa shape index (κ1) is 46.3. The first-order valence-electron chi connectivity index (χ1n) is 20.2. The van der Waals surface area contributed by atoms with Crippen LogP contribution in [0.25, 0.3) is 33.4 Å². The highest BCUT2D eigenvalue weighted by atomic mass is 35.5. The topological polar surface area (TPSA) is 176 Å². The van der Waals surface area contributed by atoms with Gasteiger partial charge in [-0.25, -0.2) is 0 Å². The number of carbonyl (C=O) groups is 4. The molecule has 14 nitrogen and oxygen atoms in total. The van der Waals surface area contributed by atoms with Gasteiger partial charge in [0.2, 0.25) is 0 Å². The van der Waals surface area contributed by atoms with Crippen LogP contribution in [0.1, 0.15) is 41.5 Å². The average molecular weight is 892 g/mol. The van der Waals surface area contributed by atoms with Gasteiger partial charge in [0, 0.05) is 48.4 Å². The molecule has 0 bridgehead atoms. The second kappa shape index (κ2) is 19.4. The van der Waals surface area contributed by atoms with Crippen molar-refractivity contribution in [3.63, 3.8) is 0 Å². The summed E-state index contributed by atoms with van der Waals surface area (Å²) >= 11 is 14.3. The number of ether oxygens (including phenoxy) is 4. The summed E-state index contributed by atoms with van der Waals surface area (Å²) in [5, 5.41) is 26.2. The Morgan fingerprint density at radius 1 is 0.645 bits per heavy atom. The van der Waals surface area contributed by atoms with E-state index < -0.39 is 35.2 Å². The van der Waals surface area contributed by atoms with Gasteiger partial charge in [-0.05, 0) is 76.9 Å².